The zero-order valence-electron chi connectivity index (χ0n) is 14.2. The summed E-state index contributed by atoms with van der Waals surface area (Å²) < 4.78 is 15.9. The van der Waals surface area contributed by atoms with Crippen LogP contribution in [0, 0.1) is 0 Å². The molecule has 0 bridgehead atoms. The molecule has 0 N–H and O–H groups in total. The third kappa shape index (κ3) is 4.08. The van der Waals surface area contributed by atoms with Crippen LogP contribution in [-0.2, 0) is 19.0 Å². The Morgan fingerprint density at radius 2 is 1.38 bits per heavy atom. The predicted molar refractivity (Wildman–Crippen MR) is 91.5 cm³/mol. The quantitative estimate of drug-likeness (QED) is 0.620. The molecule has 2 aromatic carbocycles. The van der Waals surface area contributed by atoms with Gasteiger partial charge in [-0.25, -0.2) is 14.4 Å². The number of carbonyl (C=O) groups is 3. The van der Waals surface area contributed by atoms with E-state index in [1.165, 1.54) is 0 Å². The molecule has 134 valence electrons. The van der Waals surface area contributed by atoms with Gasteiger partial charge in [-0.3, -0.25) is 0 Å². The molecule has 1 fully saturated rings. The first-order chi connectivity index (χ1) is 12.5. The first-order valence-electron chi connectivity index (χ1n) is 8.27. The number of hydrogen-bond acceptors (Lipinski definition) is 6. The van der Waals surface area contributed by atoms with E-state index in [4.69, 9.17) is 14.2 Å². The summed E-state index contributed by atoms with van der Waals surface area (Å²) in [5.41, 5.74) is 0.728. The molecular formula is C20H18O6. The van der Waals surface area contributed by atoms with E-state index in [9.17, 15) is 14.4 Å². The number of rotatable bonds is 4. The van der Waals surface area contributed by atoms with Crippen molar-refractivity contribution in [2.45, 2.75) is 31.7 Å². The summed E-state index contributed by atoms with van der Waals surface area (Å²) in [7, 11) is 0. The molecule has 3 atom stereocenters. The van der Waals surface area contributed by atoms with Crippen molar-refractivity contribution in [1.82, 2.24) is 0 Å². The lowest BCUT2D eigenvalue weighted by Gasteiger charge is -2.32. The van der Waals surface area contributed by atoms with Gasteiger partial charge in [0.2, 0.25) is 6.10 Å². The summed E-state index contributed by atoms with van der Waals surface area (Å²) in [5, 5.41) is 0. The maximum Gasteiger partial charge on any atom is 0.348 e. The smallest absolute Gasteiger partial charge is 0.348 e. The van der Waals surface area contributed by atoms with E-state index in [2.05, 4.69) is 0 Å². The van der Waals surface area contributed by atoms with Crippen LogP contribution in [0.15, 0.2) is 60.7 Å². The van der Waals surface area contributed by atoms with Gasteiger partial charge in [-0.05, 0) is 31.2 Å². The number of carbonyl (C=O) groups excluding carboxylic acids is 3. The third-order valence-electron chi connectivity index (χ3n) is 4.06. The zero-order valence-corrected chi connectivity index (χ0v) is 14.2. The number of ether oxygens (including phenoxy) is 3. The predicted octanol–water partition coefficient (Wildman–Crippen LogP) is 2.77. The molecule has 0 amide bonds. The van der Waals surface area contributed by atoms with Crippen LogP contribution >= 0.6 is 0 Å². The highest BCUT2D eigenvalue weighted by Gasteiger charge is 2.40. The van der Waals surface area contributed by atoms with Crippen LogP contribution in [0.1, 0.15) is 34.1 Å². The average molecular weight is 354 g/mol. The molecule has 1 saturated heterocycles. The Balaban J connectivity index is 1.66. The Morgan fingerprint density at radius 1 is 0.885 bits per heavy atom. The summed E-state index contributed by atoms with van der Waals surface area (Å²) in [5.74, 6) is -1.79. The largest absolute Gasteiger partial charge is 0.456 e. The van der Waals surface area contributed by atoms with Crippen LogP contribution in [0.2, 0.25) is 0 Å². The average Bonchev–Trinajstić information content (AvgIpc) is 2.66. The summed E-state index contributed by atoms with van der Waals surface area (Å²) in [6.07, 6.45) is -2.39. The Bertz CT molecular complexity index is 786. The molecule has 3 rings (SSSR count). The lowest BCUT2D eigenvalue weighted by molar-refractivity contribution is -0.178. The fraction of sp³-hybridized carbons (Fsp3) is 0.250. The molecule has 26 heavy (non-hydrogen) atoms. The Kier molecular flexibility index (Phi) is 5.31. The Hall–Kier alpha value is -3.15. The van der Waals surface area contributed by atoms with Gasteiger partial charge in [-0.2, -0.15) is 0 Å². The van der Waals surface area contributed by atoms with Crippen molar-refractivity contribution in [2.24, 2.45) is 0 Å². The fourth-order valence-electron chi connectivity index (χ4n) is 2.63. The molecule has 2 aromatic rings. The van der Waals surface area contributed by atoms with E-state index in [1.54, 1.807) is 67.6 Å². The van der Waals surface area contributed by atoms with Crippen molar-refractivity contribution in [3.8, 4) is 0 Å². The summed E-state index contributed by atoms with van der Waals surface area (Å²) in [6, 6.07) is 16.9. The number of esters is 3. The highest BCUT2D eigenvalue weighted by Crippen LogP contribution is 2.23. The molecule has 0 radical (unpaired) electrons. The van der Waals surface area contributed by atoms with E-state index in [-0.39, 0.29) is 6.42 Å². The van der Waals surface area contributed by atoms with Crippen molar-refractivity contribution in [3.63, 3.8) is 0 Å². The molecule has 0 spiro atoms. The second-order valence-corrected chi connectivity index (χ2v) is 5.95. The normalized spacial score (nSPS) is 22.2. The van der Waals surface area contributed by atoms with E-state index < -0.39 is 36.2 Å². The Morgan fingerprint density at radius 3 is 1.92 bits per heavy atom. The SMILES string of the molecule is C[C@@H]1OC(=O)[C@H](OC(=O)c2ccccc2)C[C@H]1OC(=O)c1ccccc1. The molecule has 6 heteroatoms. The third-order valence-corrected chi connectivity index (χ3v) is 4.06. The van der Waals surface area contributed by atoms with Gasteiger partial charge in [-0.1, -0.05) is 36.4 Å². The summed E-state index contributed by atoms with van der Waals surface area (Å²) in [6.45, 7) is 1.63. The monoisotopic (exact) mass is 354 g/mol. The highest BCUT2D eigenvalue weighted by molar-refractivity contribution is 5.92. The molecular weight excluding hydrogens is 336 g/mol. The van der Waals surface area contributed by atoms with Gasteiger partial charge in [0.05, 0.1) is 11.1 Å². The Labute approximate surface area is 150 Å². The van der Waals surface area contributed by atoms with E-state index in [0.717, 1.165) is 0 Å². The summed E-state index contributed by atoms with van der Waals surface area (Å²) >= 11 is 0. The van der Waals surface area contributed by atoms with Crippen molar-refractivity contribution in [1.29, 1.82) is 0 Å². The first kappa shape index (κ1) is 17.7. The van der Waals surface area contributed by atoms with Crippen molar-refractivity contribution >= 4 is 17.9 Å². The van der Waals surface area contributed by atoms with Gasteiger partial charge >= 0.3 is 17.9 Å². The first-order valence-corrected chi connectivity index (χ1v) is 8.27. The molecule has 0 unspecified atom stereocenters. The minimum atomic E-state index is -1.12. The van der Waals surface area contributed by atoms with Gasteiger partial charge in [0.25, 0.3) is 0 Å². The minimum Gasteiger partial charge on any atom is -0.456 e. The molecule has 0 aliphatic carbocycles. The zero-order chi connectivity index (χ0) is 18.5. The van der Waals surface area contributed by atoms with E-state index in [0.29, 0.717) is 11.1 Å². The highest BCUT2D eigenvalue weighted by atomic mass is 16.6. The van der Waals surface area contributed by atoms with Gasteiger partial charge in [0, 0.05) is 6.42 Å². The van der Waals surface area contributed by atoms with Crippen LogP contribution in [0.25, 0.3) is 0 Å². The van der Waals surface area contributed by atoms with Crippen LogP contribution in [0.4, 0.5) is 0 Å². The van der Waals surface area contributed by atoms with E-state index in [1.807, 2.05) is 0 Å². The number of hydrogen-bond donors (Lipinski definition) is 0. The van der Waals surface area contributed by atoms with Gasteiger partial charge in [0.15, 0.2) is 0 Å². The topological polar surface area (TPSA) is 78.9 Å². The molecule has 1 aliphatic rings. The second-order valence-electron chi connectivity index (χ2n) is 5.95. The maximum atomic E-state index is 12.2. The number of cyclic esters (lactones) is 1. The molecule has 1 heterocycles. The minimum absolute atomic E-state index is 0.0527. The van der Waals surface area contributed by atoms with Crippen LogP contribution in [0.3, 0.4) is 0 Å². The van der Waals surface area contributed by atoms with Crippen LogP contribution in [0.5, 0.6) is 0 Å². The lowest BCUT2D eigenvalue weighted by Crippen LogP contribution is -2.47. The molecule has 1 aliphatic heterocycles. The van der Waals surface area contributed by atoms with Crippen LogP contribution in [-0.4, -0.2) is 36.2 Å². The maximum absolute atomic E-state index is 12.2. The van der Waals surface area contributed by atoms with Gasteiger partial charge in [-0.15, -0.1) is 0 Å². The van der Waals surface area contributed by atoms with Crippen molar-refractivity contribution in [2.75, 3.05) is 0 Å². The molecule has 6 nitrogen and oxygen atoms in total. The van der Waals surface area contributed by atoms with E-state index >= 15 is 0 Å². The van der Waals surface area contributed by atoms with Gasteiger partial charge in [0.1, 0.15) is 12.2 Å². The standard InChI is InChI=1S/C20H18O6/c1-13-16(25-18(21)14-8-4-2-5-9-14)12-17(20(23)24-13)26-19(22)15-10-6-3-7-11-15/h2-11,13,16-17H,12H2,1H3/t13-,16+,17+/m0/s1. The lowest BCUT2D eigenvalue weighted by atomic mass is 10.0. The second kappa shape index (κ2) is 7.82. The van der Waals surface area contributed by atoms with Crippen molar-refractivity contribution in [3.05, 3.63) is 71.8 Å². The molecule has 0 saturated carbocycles. The summed E-state index contributed by atoms with van der Waals surface area (Å²) in [4.78, 5) is 36.4. The molecule has 0 aromatic heterocycles. The fourth-order valence-corrected chi connectivity index (χ4v) is 2.63. The van der Waals surface area contributed by atoms with Gasteiger partial charge < -0.3 is 14.2 Å². The van der Waals surface area contributed by atoms with Crippen molar-refractivity contribution < 1.29 is 28.6 Å². The number of benzene rings is 2. The van der Waals surface area contributed by atoms with Crippen LogP contribution < -0.4 is 0 Å².